The van der Waals surface area contributed by atoms with Gasteiger partial charge in [-0.3, -0.25) is 4.99 Å². The Bertz CT molecular complexity index is 582. The van der Waals surface area contributed by atoms with Crippen LogP contribution in [0, 0.1) is 6.92 Å². The fourth-order valence-corrected chi connectivity index (χ4v) is 1.93. The van der Waals surface area contributed by atoms with Crippen molar-refractivity contribution >= 4 is 29.3 Å². The van der Waals surface area contributed by atoms with E-state index in [1.165, 1.54) is 5.56 Å². The lowest BCUT2D eigenvalue weighted by atomic mass is 10.2. The smallest absolute Gasteiger partial charge is 0.224 e. The van der Waals surface area contributed by atoms with Crippen LogP contribution in [0.1, 0.15) is 32.0 Å². The van der Waals surface area contributed by atoms with Gasteiger partial charge in [-0.25, -0.2) is 4.98 Å². The van der Waals surface area contributed by atoms with E-state index in [4.69, 9.17) is 11.6 Å². The average Bonchev–Trinajstić information content (AvgIpc) is 2.51. The summed E-state index contributed by atoms with van der Waals surface area (Å²) in [6.45, 7) is 8.39. The first-order chi connectivity index (χ1) is 10.2. The van der Waals surface area contributed by atoms with Crippen molar-refractivity contribution in [2.24, 2.45) is 4.99 Å². The fraction of sp³-hybridized carbons (Fsp3) is 0.312. The molecule has 0 radical (unpaired) electrons. The summed E-state index contributed by atoms with van der Waals surface area (Å²) in [7, 11) is 0. The van der Waals surface area contributed by atoms with Crippen molar-refractivity contribution in [3.8, 4) is 0 Å². The molecule has 0 aliphatic carbocycles. The van der Waals surface area contributed by atoms with Gasteiger partial charge in [-0.1, -0.05) is 44.2 Å². The summed E-state index contributed by atoms with van der Waals surface area (Å²) in [5.74, 6) is 0.652. The number of aliphatic imine (C=N–C) groups is 1. The molecule has 21 heavy (non-hydrogen) atoms. The highest BCUT2D eigenvalue weighted by molar-refractivity contribution is 6.28. The lowest BCUT2D eigenvalue weighted by molar-refractivity contribution is 1.05. The highest BCUT2D eigenvalue weighted by Gasteiger charge is 2.09. The van der Waals surface area contributed by atoms with Gasteiger partial charge in [-0.05, 0) is 31.0 Å². The molecule has 1 heterocycles. The highest BCUT2D eigenvalue weighted by Crippen LogP contribution is 2.27. The van der Waals surface area contributed by atoms with Gasteiger partial charge in [0.05, 0.1) is 5.69 Å². The third-order valence-corrected chi connectivity index (χ3v) is 2.76. The number of rotatable bonds is 4. The number of nitrogens with one attached hydrogen (secondary N) is 1. The van der Waals surface area contributed by atoms with Crippen LogP contribution in [0.25, 0.3) is 0 Å². The zero-order valence-electron chi connectivity index (χ0n) is 12.9. The maximum absolute atomic E-state index is 5.89. The second kappa shape index (κ2) is 9.08. The van der Waals surface area contributed by atoms with Gasteiger partial charge in [-0.15, -0.1) is 0 Å². The van der Waals surface area contributed by atoms with Crippen LogP contribution in [0.2, 0.25) is 5.28 Å². The van der Waals surface area contributed by atoms with E-state index in [0.717, 1.165) is 11.4 Å². The van der Waals surface area contributed by atoms with Gasteiger partial charge in [-0.2, -0.15) is 4.98 Å². The van der Waals surface area contributed by atoms with E-state index in [-0.39, 0.29) is 5.28 Å². The summed E-state index contributed by atoms with van der Waals surface area (Å²) < 4.78 is 0. The minimum absolute atomic E-state index is 0.225. The number of aromatic nitrogens is 2. The Balaban J connectivity index is 0.00000106. The summed E-state index contributed by atoms with van der Waals surface area (Å²) in [6, 6.07) is 10.1. The molecular weight excluding hydrogens is 284 g/mol. The van der Waals surface area contributed by atoms with Crippen molar-refractivity contribution in [1.29, 1.82) is 0 Å². The van der Waals surface area contributed by atoms with E-state index < -0.39 is 0 Å². The average molecular weight is 305 g/mol. The number of halogens is 1. The molecule has 0 saturated heterocycles. The Kier molecular flexibility index (Phi) is 7.40. The van der Waals surface area contributed by atoms with Gasteiger partial charge in [0.2, 0.25) is 5.28 Å². The first-order valence-corrected chi connectivity index (χ1v) is 7.39. The van der Waals surface area contributed by atoms with E-state index in [1.54, 1.807) is 6.21 Å². The van der Waals surface area contributed by atoms with Gasteiger partial charge < -0.3 is 5.32 Å². The van der Waals surface area contributed by atoms with Gasteiger partial charge in [0, 0.05) is 12.8 Å². The third-order valence-electron chi connectivity index (χ3n) is 2.59. The predicted octanol–water partition coefficient (Wildman–Crippen LogP) is 4.80. The number of hydrogen-bond donors (Lipinski definition) is 1. The van der Waals surface area contributed by atoms with Crippen molar-refractivity contribution in [3.05, 3.63) is 46.9 Å². The Morgan fingerprint density at radius 1 is 1.19 bits per heavy atom. The lowest BCUT2D eigenvalue weighted by Gasteiger charge is -2.10. The Hall–Kier alpha value is -1.94. The second-order valence-corrected chi connectivity index (χ2v) is 4.34. The molecule has 0 aliphatic heterocycles. The predicted molar refractivity (Wildman–Crippen MR) is 90.7 cm³/mol. The third kappa shape index (κ3) is 5.16. The van der Waals surface area contributed by atoms with Gasteiger partial charge in [0.15, 0.2) is 5.82 Å². The van der Waals surface area contributed by atoms with Crippen molar-refractivity contribution in [2.45, 2.75) is 34.2 Å². The SMILES string of the molecule is CC.CC=Nc1c(C)nc(Cl)nc1NCc1ccccc1. The van der Waals surface area contributed by atoms with Crippen LogP contribution in [-0.2, 0) is 6.54 Å². The number of aryl methyl sites for hydroxylation is 1. The zero-order valence-corrected chi connectivity index (χ0v) is 13.6. The van der Waals surface area contributed by atoms with Gasteiger partial charge in [0.1, 0.15) is 5.69 Å². The number of benzene rings is 1. The zero-order chi connectivity index (χ0) is 15.7. The number of nitrogens with zero attached hydrogens (tertiary/aromatic N) is 3. The lowest BCUT2D eigenvalue weighted by Crippen LogP contribution is -2.03. The Morgan fingerprint density at radius 3 is 2.48 bits per heavy atom. The molecule has 0 fully saturated rings. The van der Waals surface area contributed by atoms with E-state index in [2.05, 4.69) is 20.3 Å². The molecule has 0 amide bonds. The molecule has 2 aromatic rings. The van der Waals surface area contributed by atoms with E-state index in [1.807, 2.05) is 58.0 Å². The molecule has 1 aromatic carbocycles. The van der Waals surface area contributed by atoms with Crippen molar-refractivity contribution in [3.63, 3.8) is 0 Å². The maximum atomic E-state index is 5.89. The van der Waals surface area contributed by atoms with Crippen LogP contribution >= 0.6 is 11.6 Å². The van der Waals surface area contributed by atoms with Crippen LogP contribution in [0.5, 0.6) is 0 Å². The largest absolute Gasteiger partial charge is 0.364 e. The van der Waals surface area contributed by atoms with Crippen LogP contribution in [0.3, 0.4) is 0 Å². The topological polar surface area (TPSA) is 50.2 Å². The molecule has 0 spiro atoms. The highest BCUT2D eigenvalue weighted by atomic mass is 35.5. The molecule has 0 unspecified atom stereocenters. The first-order valence-electron chi connectivity index (χ1n) is 7.01. The molecule has 0 bridgehead atoms. The first kappa shape index (κ1) is 17.1. The number of anilines is 1. The molecule has 0 aliphatic rings. The summed E-state index contributed by atoms with van der Waals surface area (Å²) in [6.07, 6.45) is 1.72. The molecule has 112 valence electrons. The summed E-state index contributed by atoms with van der Waals surface area (Å²) in [5, 5.41) is 3.47. The monoisotopic (exact) mass is 304 g/mol. The maximum Gasteiger partial charge on any atom is 0.224 e. The van der Waals surface area contributed by atoms with Crippen LogP contribution in [-0.4, -0.2) is 16.2 Å². The minimum atomic E-state index is 0.225. The van der Waals surface area contributed by atoms with E-state index in [0.29, 0.717) is 12.4 Å². The van der Waals surface area contributed by atoms with Crippen LogP contribution in [0.4, 0.5) is 11.5 Å². The van der Waals surface area contributed by atoms with Gasteiger partial charge in [0.25, 0.3) is 0 Å². The van der Waals surface area contributed by atoms with Crippen molar-refractivity contribution < 1.29 is 0 Å². The summed E-state index contributed by atoms with van der Waals surface area (Å²) >= 11 is 5.89. The molecule has 2 rings (SSSR count). The minimum Gasteiger partial charge on any atom is -0.364 e. The molecule has 0 atom stereocenters. The Morgan fingerprint density at radius 2 is 1.86 bits per heavy atom. The standard InChI is InChI=1S/C14H15ClN4.C2H6/c1-3-16-12-10(2)18-14(15)19-13(12)17-9-11-7-5-4-6-8-11;1-2/h3-8H,9H2,1-2H3,(H,17,18,19);1-2H3. The second-order valence-electron chi connectivity index (χ2n) is 4.00. The fourth-order valence-electron chi connectivity index (χ4n) is 1.72. The van der Waals surface area contributed by atoms with E-state index in [9.17, 15) is 0 Å². The Labute approximate surface area is 131 Å². The van der Waals surface area contributed by atoms with E-state index >= 15 is 0 Å². The van der Waals surface area contributed by atoms with Crippen LogP contribution < -0.4 is 5.32 Å². The molecular formula is C16H21ClN4. The molecule has 1 N–H and O–H groups in total. The van der Waals surface area contributed by atoms with Crippen molar-refractivity contribution in [2.75, 3.05) is 5.32 Å². The van der Waals surface area contributed by atoms with Gasteiger partial charge >= 0.3 is 0 Å². The summed E-state index contributed by atoms with van der Waals surface area (Å²) in [4.78, 5) is 12.6. The molecule has 0 saturated carbocycles. The van der Waals surface area contributed by atoms with Crippen LogP contribution in [0.15, 0.2) is 35.3 Å². The number of hydrogen-bond acceptors (Lipinski definition) is 4. The molecule has 5 heteroatoms. The molecule has 1 aromatic heterocycles. The molecule has 4 nitrogen and oxygen atoms in total. The summed E-state index contributed by atoms with van der Waals surface area (Å²) in [5.41, 5.74) is 2.65. The normalized spacial score (nSPS) is 10.1. The van der Waals surface area contributed by atoms with Crippen molar-refractivity contribution in [1.82, 2.24) is 9.97 Å². The quantitative estimate of drug-likeness (QED) is 0.652.